The number of quaternary nitrogens is 1. The van der Waals surface area contributed by atoms with Crippen molar-refractivity contribution >= 4 is 17.1 Å². The predicted molar refractivity (Wildman–Crippen MR) is 108 cm³/mol. The van der Waals surface area contributed by atoms with Crippen LogP contribution in [0.4, 0.5) is 4.79 Å². The maximum Gasteiger partial charge on any atom is 0.320 e. The number of hydrogen-bond acceptors (Lipinski definition) is 2. The van der Waals surface area contributed by atoms with Crippen LogP contribution in [0.2, 0.25) is 0 Å². The third kappa shape index (κ3) is 3.20. The first-order chi connectivity index (χ1) is 12.7. The summed E-state index contributed by atoms with van der Waals surface area (Å²) in [6, 6.07) is 4.26. The number of piperazine rings is 1. The van der Waals surface area contributed by atoms with Gasteiger partial charge >= 0.3 is 6.03 Å². The lowest BCUT2D eigenvalue weighted by molar-refractivity contribution is -0.894. The first-order valence-electron chi connectivity index (χ1n) is 10.0. The molecule has 2 aliphatic rings. The van der Waals surface area contributed by atoms with Crippen molar-refractivity contribution in [1.29, 1.82) is 0 Å². The molecule has 27 heavy (non-hydrogen) atoms. The maximum absolute atomic E-state index is 13.3. The molecule has 1 saturated heterocycles. The second kappa shape index (κ2) is 6.23. The molecule has 0 spiro atoms. The van der Waals surface area contributed by atoms with E-state index in [0.29, 0.717) is 0 Å². The van der Waals surface area contributed by atoms with Crippen molar-refractivity contribution in [2.24, 2.45) is 0 Å². The van der Waals surface area contributed by atoms with E-state index in [9.17, 15) is 4.79 Å². The molecule has 1 fully saturated rings. The molecule has 146 valence electrons. The van der Waals surface area contributed by atoms with E-state index in [1.807, 2.05) is 17.2 Å². The van der Waals surface area contributed by atoms with Crippen LogP contribution in [0.5, 0.6) is 0 Å². The standard InChI is InChI=1S/C21H32N5O/c1-15-13-25(20(27)24-9-11-26(4,5)12-10-24)14-21(2,3)17-18(15)23-16-7-6-8-22-19(16)17/h6-8,15,23H,9-14H2,1-5H3/q+1. The third-order valence-corrected chi connectivity index (χ3v) is 6.32. The highest BCUT2D eigenvalue weighted by Crippen LogP contribution is 2.39. The van der Waals surface area contributed by atoms with Crippen LogP contribution in [0.25, 0.3) is 11.0 Å². The lowest BCUT2D eigenvalue weighted by atomic mass is 9.83. The zero-order valence-electron chi connectivity index (χ0n) is 17.2. The Labute approximate surface area is 161 Å². The number of H-pyrrole nitrogens is 1. The lowest BCUT2D eigenvalue weighted by Gasteiger charge is -2.41. The molecule has 4 rings (SSSR count). The molecule has 0 aliphatic carbocycles. The molecule has 0 saturated carbocycles. The van der Waals surface area contributed by atoms with Gasteiger partial charge in [0.1, 0.15) is 0 Å². The fourth-order valence-electron chi connectivity index (χ4n) is 4.68. The van der Waals surface area contributed by atoms with E-state index < -0.39 is 0 Å². The highest BCUT2D eigenvalue weighted by atomic mass is 16.2. The maximum atomic E-state index is 13.3. The summed E-state index contributed by atoms with van der Waals surface area (Å²) in [4.78, 5) is 25.7. The van der Waals surface area contributed by atoms with Gasteiger partial charge in [-0.25, -0.2) is 4.79 Å². The summed E-state index contributed by atoms with van der Waals surface area (Å²) in [6.45, 7) is 11.9. The van der Waals surface area contributed by atoms with E-state index in [-0.39, 0.29) is 17.4 Å². The summed E-state index contributed by atoms with van der Waals surface area (Å²) in [5, 5.41) is 0. The van der Waals surface area contributed by atoms with Crippen molar-refractivity contribution in [3.63, 3.8) is 0 Å². The number of nitrogens with one attached hydrogen (secondary N) is 1. The third-order valence-electron chi connectivity index (χ3n) is 6.32. The Bertz CT molecular complexity index is 859. The molecule has 0 aromatic carbocycles. The van der Waals surface area contributed by atoms with Crippen molar-refractivity contribution < 1.29 is 9.28 Å². The van der Waals surface area contributed by atoms with Gasteiger partial charge in [-0.1, -0.05) is 20.8 Å². The molecule has 0 bridgehead atoms. The van der Waals surface area contributed by atoms with Gasteiger partial charge in [0.25, 0.3) is 0 Å². The number of fused-ring (bicyclic) bond motifs is 3. The van der Waals surface area contributed by atoms with Crippen molar-refractivity contribution in [2.75, 3.05) is 53.4 Å². The minimum atomic E-state index is -0.145. The monoisotopic (exact) mass is 370 g/mol. The second-order valence-corrected chi connectivity index (χ2v) is 9.63. The molecule has 6 heteroatoms. The normalized spacial score (nSPS) is 24.6. The first kappa shape index (κ1) is 18.3. The van der Waals surface area contributed by atoms with Crippen LogP contribution in [0.15, 0.2) is 18.3 Å². The number of likely N-dealkylation sites (N-methyl/N-ethyl adjacent to an activating group) is 1. The van der Waals surface area contributed by atoms with Gasteiger partial charge in [-0.05, 0) is 12.1 Å². The molecular formula is C21H32N5O+. The second-order valence-electron chi connectivity index (χ2n) is 9.63. The Morgan fingerprint density at radius 3 is 2.67 bits per heavy atom. The van der Waals surface area contributed by atoms with Gasteiger partial charge in [0.15, 0.2) is 0 Å². The van der Waals surface area contributed by atoms with Crippen LogP contribution in [0.1, 0.15) is 37.9 Å². The summed E-state index contributed by atoms with van der Waals surface area (Å²) in [5.74, 6) is 0.261. The summed E-state index contributed by atoms with van der Waals surface area (Å²) in [6.07, 6.45) is 1.86. The van der Waals surface area contributed by atoms with Gasteiger partial charge in [-0.2, -0.15) is 0 Å². The Hall–Kier alpha value is -2.08. The molecule has 2 aromatic rings. The number of carbonyl (C=O) groups excluding carboxylic acids is 1. The number of hydrogen-bond donors (Lipinski definition) is 1. The van der Waals surface area contributed by atoms with Crippen molar-refractivity contribution in [2.45, 2.75) is 32.1 Å². The zero-order chi connectivity index (χ0) is 19.4. The number of carbonyl (C=O) groups is 1. The Morgan fingerprint density at radius 2 is 1.96 bits per heavy atom. The van der Waals surface area contributed by atoms with Gasteiger partial charge in [0, 0.05) is 41.9 Å². The minimum Gasteiger partial charge on any atom is -0.357 e. The largest absolute Gasteiger partial charge is 0.357 e. The number of aromatic amines is 1. The molecule has 2 aliphatic heterocycles. The molecule has 2 amide bonds. The number of aromatic nitrogens is 2. The fraction of sp³-hybridized carbons (Fsp3) is 0.619. The molecule has 1 atom stereocenters. The molecule has 6 nitrogen and oxygen atoms in total. The van der Waals surface area contributed by atoms with Gasteiger partial charge in [0.05, 0.1) is 51.3 Å². The molecule has 1 unspecified atom stereocenters. The Morgan fingerprint density at radius 1 is 1.26 bits per heavy atom. The van der Waals surface area contributed by atoms with E-state index in [2.05, 4.69) is 55.8 Å². The average molecular weight is 371 g/mol. The van der Waals surface area contributed by atoms with Gasteiger partial charge in [0.2, 0.25) is 0 Å². The Balaban J connectivity index is 1.63. The molecule has 2 aromatic heterocycles. The lowest BCUT2D eigenvalue weighted by Crippen LogP contribution is -2.59. The minimum absolute atomic E-state index is 0.145. The SMILES string of the molecule is CC1CN(C(=O)N2CC[N+](C)(C)CC2)CC(C)(C)c2c1[nH]c1cccnc21. The first-order valence-corrected chi connectivity index (χ1v) is 10.0. The van der Waals surface area contributed by atoms with Crippen LogP contribution in [-0.4, -0.2) is 83.6 Å². The average Bonchev–Trinajstić information content (AvgIpc) is 2.97. The van der Waals surface area contributed by atoms with Crippen LogP contribution >= 0.6 is 0 Å². The molecule has 1 N–H and O–H groups in total. The number of nitrogens with zero attached hydrogens (tertiary/aromatic N) is 4. The van der Waals surface area contributed by atoms with Gasteiger partial charge in [-0.15, -0.1) is 0 Å². The topological polar surface area (TPSA) is 52.2 Å². The van der Waals surface area contributed by atoms with E-state index in [1.165, 1.54) is 11.3 Å². The van der Waals surface area contributed by atoms with Gasteiger partial charge < -0.3 is 19.3 Å². The number of rotatable bonds is 0. The highest BCUT2D eigenvalue weighted by molar-refractivity contribution is 5.83. The van der Waals surface area contributed by atoms with Crippen molar-refractivity contribution in [3.05, 3.63) is 29.6 Å². The summed E-state index contributed by atoms with van der Waals surface area (Å²) in [7, 11) is 4.48. The molecule has 4 heterocycles. The van der Waals surface area contributed by atoms with Crippen molar-refractivity contribution in [1.82, 2.24) is 19.8 Å². The van der Waals surface area contributed by atoms with E-state index >= 15 is 0 Å². The van der Waals surface area contributed by atoms with Crippen LogP contribution in [0.3, 0.4) is 0 Å². The van der Waals surface area contributed by atoms with Crippen LogP contribution in [-0.2, 0) is 5.41 Å². The summed E-state index contributed by atoms with van der Waals surface area (Å²) in [5.41, 5.74) is 4.51. The smallest absolute Gasteiger partial charge is 0.320 e. The van der Waals surface area contributed by atoms with E-state index in [0.717, 1.165) is 54.8 Å². The highest BCUT2D eigenvalue weighted by Gasteiger charge is 2.39. The van der Waals surface area contributed by atoms with Crippen molar-refractivity contribution in [3.8, 4) is 0 Å². The van der Waals surface area contributed by atoms with E-state index in [4.69, 9.17) is 0 Å². The quantitative estimate of drug-likeness (QED) is 0.725. The Kier molecular flexibility index (Phi) is 4.22. The van der Waals surface area contributed by atoms with E-state index in [1.54, 1.807) is 0 Å². The molecular weight excluding hydrogens is 338 g/mol. The molecule has 0 radical (unpaired) electrons. The summed E-state index contributed by atoms with van der Waals surface area (Å²) >= 11 is 0. The van der Waals surface area contributed by atoms with Crippen LogP contribution < -0.4 is 0 Å². The number of pyridine rings is 1. The fourth-order valence-corrected chi connectivity index (χ4v) is 4.68. The van der Waals surface area contributed by atoms with Crippen LogP contribution in [0, 0.1) is 0 Å². The van der Waals surface area contributed by atoms with Gasteiger partial charge in [-0.3, -0.25) is 4.98 Å². The zero-order valence-corrected chi connectivity index (χ0v) is 17.2. The predicted octanol–water partition coefficient (Wildman–Crippen LogP) is 2.77. The number of urea groups is 1. The summed E-state index contributed by atoms with van der Waals surface area (Å²) < 4.78 is 0.994. The number of amides is 2.